The zero-order valence-corrected chi connectivity index (χ0v) is 13.5. The van der Waals surface area contributed by atoms with Gasteiger partial charge >= 0.3 is 0 Å². The Kier molecular flexibility index (Phi) is 4.94. The summed E-state index contributed by atoms with van der Waals surface area (Å²) in [5.41, 5.74) is 2.78. The lowest BCUT2D eigenvalue weighted by Gasteiger charge is -2.18. The third-order valence-electron chi connectivity index (χ3n) is 3.40. The van der Waals surface area contributed by atoms with Crippen molar-refractivity contribution in [2.24, 2.45) is 0 Å². The van der Waals surface area contributed by atoms with E-state index >= 15 is 0 Å². The normalized spacial score (nSPS) is 12.7. The molecule has 1 heterocycles. The second-order valence-electron chi connectivity index (χ2n) is 4.78. The summed E-state index contributed by atoms with van der Waals surface area (Å²) in [7, 11) is 1.85. The van der Waals surface area contributed by atoms with Gasteiger partial charge in [0.2, 0.25) is 0 Å². The van der Waals surface area contributed by atoms with E-state index < -0.39 is 0 Å². The molecule has 1 N–H and O–H groups in total. The van der Waals surface area contributed by atoms with Gasteiger partial charge < -0.3 is 5.32 Å². The van der Waals surface area contributed by atoms with Crippen molar-refractivity contribution in [3.8, 4) is 0 Å². The van der Waals surface area contributed by atoms with Crippen LogP contribution >= 0.6 is 15.9 Å². The van der Waals surface area contributed by atoms with E-state index in [1.54, 1.807) is 6.07 Å². The molecule has 20 heavy (non-hydrogen) atoms. The molecule has 2 aromatic rings. The molecule has 108 valence electrons. The van der Waals surface area contributed by atoms with Crippen molar-refractivity contribution >= 4 is 15.9 Å². The molecule has 0 saturated heterocycles. The second kappa shape index (κ2) is 6.50. The predicted molar refractivity (Wildman–Crippen MR) is 82.2 cm³/mol. The number of benzene rings is 1. The van der Waals surface area contributed by atoms with E-state index in [1.807, 2.05) is 30.8 Å². The summed E-state index contributed by atoms with van der Waals surface area (Å²) >= 11 is 3.24. The molecule has 0 bridgehead atoms. The van der Waals surface area contributed by atoms with Gasteiger partial charge in [0.25, 0.3) is 0 Å². The largest absolute Gasteiger partial charge is 0.313 e. The topological polar surface area (TPSA) is 29.9 Å². The van der Waals surface area contributed by atoms with Crippen molar-refractivity contribution in [1.82, 2.24) is 15.1 Å². The zero-order valence-electron chi connectivity index (χ0n) is 12.0. The summed E-state index contributed by atoms with van der Waals surface area (Å²) in [6.07, 6.45) is 0.707. The Morgan fingerprint density at radius 3 is 2.85 bits per heavy atom. The summed E-state index contributed by atoms with van der Waals surface area (Å²) in [5.74, 6) is -0.203. The van der Waals surface area contributed by atoms with E-state index in [2.05, 4.69) is 39.3 Å². The molecule has 5 heteroatoms. The number of nitrogens with zero attached hydrogens (tertiary/aromatic N) is 2. The van der Waals surface area contributed by atoms with Crippen molar-refractivity contribution in [2.45, 2.75) is 32.9 Å². The summed E-state index contributed by atoms with van der Waals surface area (Å²) < 4.78 is 16.7. The van der Waals surface area contributed by atoms with Gasteiger partial charge in [-0.2, -0.15) is 5.10 Å². The van der Waals surface area contributed by atoms with Crippen LogP contribution < -0.4 is 5.32 Å². The Bertz CT molecular complexity index is 595. The molecule has 0 aliphatic heterocycles. The smallest absolute Gasteiger partial charge is 0.142 e. The number of nitrogens with one attached hydrogen (secondary N) is 1. The fraction of sp³-hybridized carbons (Fsp3) is 0.400. The third kappa shape index (κ3) is 3.10. The summed E-state index contributed by atoms with van der Waals surface area (Å²) in [6.45, 7) is 4.86. The molecule has 1 atom stereocenters. The highest BCUT2D eigenvalue weighted by molar-refractivity contribution is 9.10. The molecule has 0 saturated carbocycles. The van der Waals surface area contributed by atoms with Crippen LogP contribution in [-0.2, 0) is 13.0 Å². The molecule has 1 aromatic heterocycles. The van der Waals surface area contributed by atoms with Crippen molar-refractivity contribution in [1.29, 1.82) is 0 Å². The molecule has 0 radical (unpaired) electrons. The lowest BCUT2D eigenvalue weighted by molar-refractivity contribution is 0.508. The maximum absolute atomic E-state index is 14.2. The van der Waals surface area contributed by atoms with Crippen molar-refractivity contribution in [3.05, 3.63) is 51.5 Å². The van der Waals surface area contributed by atoms with Gasteiger partial charge in [0.1, 0.15) is 5.82 Å². The second-order valence-corrected chi connectivity index (χ2v) is 5.64. The van der Waals surface area contributed by atoms with Gasteiger partial charge in [-0.3, -0.25) is 4.68 Å². The van der Waals surface area contributed by atoms with Gasteiger partial charge in [-0.1, -0.05) is 12.1 Å². The van der Waals surface area contributed by atoms with Gasteiger partial charge in [-0.25, -0.2) is 4.39 Å². The average Bonchev–Trinajstić information content (AvgIpc) is 2.79. The fourth-order valence-electron chi connectivity index (χ4n) is 2.40. The number of aryl methyl sites for hydroxylation is 2. The van der Waals surface area contributed by atoms with Crippen molar-refractivity contribution in [2.75, 3.05) is 7.05 Å². The fourth-order valence-corrected chi connectivity index (χ4v) is 2.79. The summed E-state index contributed by atoms with van der Waals surface area (Å²) in [6, 6.07) is 7.38. The highest BCUT2D eigenvalue weighted by atomic mass is 79.9. The molecule has 0 aliphatic carbocycles. The highest BCUT2D eigenvalue weighted by Crippen LogP contribution is 2.26. The van der Waals surface area contributed by atoms with Crippen LogP contribution in [0.15, 0.2) is 28.7 Å². The minimum atomic E-state index is -0.203. The van der Waals surface area contributed by atoms with Crippen LogP contribution in [0.1, 0.15) is 29.9 Å². The van der Waals surface area contributed by atoms with Crippen LogP contribution in [0.5, 0.6) is 0 Å². The van der Waals surface area contributed by atoms with Crippen LogP contribution in [0.4, 0.5) is 4.39 Å². The van der Waals surface area contributed by atoms with Crippen LogP contribution in [0.2, 0.25) is 0 Å². The number of hydrogen-bond donors (Lipinski definition) is 1. The minimum absolute atomic E-state index is 0.0751. The van der Waals surface area contributed by atoms with Crippen molar-refractivity contribution in [3.63, 3.8) is 0 Å². The van der Waals surface area contributed by atoms with E-state index in [0.717, 1.165) is 17.9 Å². The predicted octanol–water partition coefficient (Wildman–Crippen LogP) is 3.62. The first-order chi connectivity index (χ1) is 9.56. The maximum atomic E-state index is 14.2. The van der Waals surface area contributed by atoms with Gasteiger partial charge in [0.15, 0.2) is 0 Å². The quantitative estimate of drug-likeness (QED) is 0.901. The first-order valence-electron chi connectivity index (χ1n) is 6.71. The van der Waals surface area contributed by atoms with Crippen LogP contribution in [-0.4, -0.2) is 16.8 Å². The molecule has 1 aromatic carbocycles. The lowest BCUT2D eigenvalue weighted by atomic mass is 10.0. The number of rotatable bonds is 5. The molecule has 0 fully saturated rings. The van der Waals surface area contributed by atoms with Crippen LogP contribution in [0.25, 0.3) is 0 Å². The zero-order chi connectivity index (χ0) is 14.7. The molecular formula is C15H19BrFN3. The number of aromatic nitrogens is 2. The van der Waals surface area contributed by atoms with E-state index in [4.69, 9.17) is 0 Å². The van der Waals surface area contributed by atoms with E-state index in [0.29, 0.717) is 16.5 Å². The van der Waals surface area contributed by atoms with Gasteiger partial charge in [-0.05, 0) is 49.0 Å². The van der Waals surface area contributed by atoms with Gasteiger partial charge in [-0.15, -0.1) is 0 Å². The average molecular weight is 340 g/mol. The molecule has 3 nitrogen and oxygen atoms in total. The van der Waals surface area contributed by atoms with Crippen molar-refractivity contribution < 1.29 is 4.39 Å². The van der Waals surface area contributed by atoms with Gasteiger partial charge in [0.05, 0.1) is 10.2 Å². The van der Waals surface area contributed by atoms with Crippen LogP contribution in [0, 0.1) is 12.7 Å². The minimum Gasteiger partial charge on any atom is -0.313 e. The molecule has 0 amide bonds. The van der Waals surface area contributed by atoms with E-state index in [1.165, 1.54) is 0 Å². The first-order valence-corrected chi connectivity index (χ1v) is 7.50. The molecule has 0 spiro atoms. The van der Waals surface area contributed by atoms with E-state index in [-0.39, 0.29) is 11.9 Å². The Hall–Kier alpha value is -1.20. The molecule has 0 aliphatic rings. The third-order valence-corrected chi connectivity index (χ3v) is 4.02. The number of hydrogen-bond acceptors (Lipinski definition) is 2. The molecular weight excluding hydrogens is 321 g/mol. The number of halogens is 2. The first kappa shape index (κ1) is 15.2. The monoisotopic (exact) mass is 339 g/mol. The lowest BCUT2D eigenvalue weighted by Crippen LogP contribution is -2.21. The molecule has 1 unspecified atom stereocenters. The Morgan fingerprint density at radius 1 is 1.45 bits per heavy atom. The molecule has 2 rings (SSSR count). The van der Waals surface area contributed by atoms with Crippen LogP contribution in [0.3, 0.4) is 0 Å². The summed E-state index contributed by atoms with van der Waals surface area (Å²) in [5, 5.41) is 7.63. The number of likely N-dealkylation sites (N-methyl/N-ethyl adjacent to an activating group) is 1. The standard InChI is InChI=1S/C15H19BrFN3/c1-4-20-11(8-10(2)19-20)9-14(18-3)12-6-5-7-13(16)15(12)17/h5-8,14,18H,4,9H2,1-3H3. The highest BCUT2D eigenvalue weighted by Gasteiger charge is 2.18. The van der Waals surface area contributed by atoms with Gasteiger partial charge in [0, 0.05) is 30.3 Å². The SMILES string of the molecule is CCn1nc(C)cc1CC(NC)c1cccc(Br)c1F. The maximum Gasteiger partial charge on any atom is 0.142 e. The Balaban J connectivity index is 2.31. The van der Waals surface area contributed by atoms with E-state index in [9.17, 15) is 4.39 Å². The Labute approximate surface area is 127 Å². The Morgan fingerprint density at radius 2 is 2.20 bits per heavy atom. The summed E-state index contributed by atoms with van der Waals surface area (Å²) in [4.78, 5) is 0.